The molecule has 1 N–H and O–H groups in total. The van der Waals surface area contributed by atoms with Gasteiger partial charge < -0.3 is 19.5 Å². The van der Waals surface area contributed by atoms with E-state index in [0.717, 1.165) is 36.9 Å². The molecule has 1 fully saturated rings. The van der Waals surface area contributed by atoms with E-state index in [4.69, 9.17) is 14.2 Å². The molecule has 3 aliphatic heterocycles. The summed E-state index contributed by atoms with van der Waals surface area (Å²) < 4.78 is 31.2. The Kier molecular flexibility index (Phi) is 5.28. The Balaban J connectivity index is 1.40. The van der Waals surface area contributed by atoms with Crippen molar-refractivity contribution in [3.05, 3.63) is 64.5 Å². The highest BCUT2D eigenvalue weighted by molar-refractivity contribution is 6.36. The van der Waals surface area contributed by atoms with Crippen LogP contribution in [0.25, 0.3) is 11.3 Å². The number of halogens is 1. The topological polar surface area (TPSA) is 60.0 Å². The van der Waals surface area contributed by atoms with E-state index in [1.54, 1.807) is 20.3 Å². The number of hydrogen-bond acceptors (Lipinski definition) is 5. The predicted octanol–water partition coefficient (Wildman–Crippen LogP) is 4.15. The van der Waals surface area contributed by atoms with Gasteiger partial charge >= 0.3 is 0 Å². The van der Waals surface area contributed by atoms with Gasteiger partial charge in [-0.1, -0.05) is 18.2 Å². The maximum Gasteiger partial charge on any atom is 0.260 e. The Morgan fingerprint density at radius 2 is 2.06 bits per heavy atom. The summed E-state index contributed by atoms with van der Waals surface area (Å²) in [4.78, 5) is 14.9. The number of likely N-dealkylation sites (tertiary alicyclic amines) is 1. The molecule has 3 heterocycles. The molecule has 7 heteroatoms. The van der Waals surface area contributed by atoms with Gasteiger partial charge in [0.05, 0.1) is 5.57 Å². The molecule has 0 spiro atoms. The van der Waals surface area contributed by atoms with E-state index in [9.17, 15) is 9.18 Å². The van der Waals surface area contributed by atoms with Gasteiger partial charge in [0.2, 0.25) is 0 Å². The molecule has 6 nitrogen and oxygen atoms in total. The van der Waals surface area contributed by atoms with Crippen LogP contribution in [0.4, 0.5) is 10.1 Å². The Morgan fingerprint density at radius 1 is 1.22 bits per heavy atom. The van der Waals surface area contributed by atoms with Crippen LogP contribution in [-0.2, 0) is 32.0 Å². The molecule has 0 radical (unpaired) electrons. The van der Waals surface area contributed by atoms with E-state index in [0.29, 0.717) is 29.2 Å². The number of methoxy groups -OCH3 is 2. The highest BCUT2D eigenvalue weighted by Crippen LogP contribution is 2.42. The summed E-state index contributed by atoms with van der Waals surface area (Å²) in [6, 6.07) is 10.5. The van der Waals surface area contributed by atoms with Crippen molar-refractivity contribution in [2.45, 2.75) is 44.7 Å². The molecule has 32 heavy (non-hydrogen) atoms. The summed E-state index contributed by atoms with van der Waals surface area (Å²) in [6.45, 7) is 3.31. The van der Waals surface area contributed by atoms with E-state index in [1.807, 2.05) is 6.07 Å². The number of anilines is 1. The second-order valence-electron chi connectivity index (χ2n) is 8.68. The lowest BCUT2D eigenvalue weighted by atomic mass is 9.98. The van der Waals surface area contributed by atoms with Crippen molar-refractivity contribution in [3.63, 3.8) is 0 Å². The van der Waals surface area contributed by atoms with Crippen molar-refractivity contribution < 1.29 is 23.4 Å². The second-order valence-corrected chi connectivity index (χ2v) is 8.68. The van der Waals surface area contributed by atoms with Crippen LogP contribution in [0.15, 0.2) is 36.4 Å². The average molecular weight is 438 g/mol. The Labute approximate surface area is 187 Å². The highest BCUT2D eigenvalue weighted by atomic mass is 19.1. The Hall–Kier alpha value is -2.74. The standard InChI is InChI=1S/C25H27FN2O4/c1-25(31-3)10-8-21(30-2)28(25)11-9-15-4-6-18-16(12-15)14-32-23(18)22-19-13-17(26)5-7-20(19)27-24(22)29/h4-7,12-13,21H,8-11,14H2,1-3H3,(H,27,29)/t21-,25-/m0/s1. The SMILES string of the molecule is CO[C@H]1CC[C@](C)(OC)N1CCc1ccc2c(c1)COC2=C1C(=O)Nc2ccc(F)cc21. The van der Waals surface area contributed by atoms with Gasteiger partial charge in [0.1, 0.15) is 30.1 Å². The molecule has 2 aromatic rings. The molecule has 0 bridgehead atoms. The lowest BCUT2D eigenvalue weighted by Crippen LogP contribution is -2.48. The Bertz CT molecular complexity index is 1120. The molecule has 0 saturated carbocycles. The monoisotopic (exact) mass is 438 g/mol. The summed E-state index contributed by atoms with van der Waals surface area (Å²) in [5, 5.41) is 2.80. The third kappa shape index (κ3) is 3.41. The zero-order chi connectivity index (χ0) is 22.5. The number of fused-ring (bicyclic) bond motifs is 2. The number of nitrogens with zero attached hydrogens (tertiary/aromatic N) is 1. The van der Waals surface area contributed by atoms with Crippen LogP contribution in [0.1, 0.15) is 42.0 Å². The molecule has 168 valence electrons. The fourth-order valence-corrected chi connectivity index (χ4v) is 5.03. The van der Waals surface area contributed by atoms with Crippen LogP contribution in [0, 0.1) is 5.82 Å². The number of amides is 1. The molecule has 1 saturated heterocycles. The van der Waals surface area contributed by atoms with Gasteiger partial charge in [-0.15, -0.1) is 0 Å². The Morgan fingerprint density at radius 3 is 2.84 bits per heavy atom. The third-order valence-electron chi connectivity index (χ3n) is 6.90. The van der Waals surface area contributed by atoms with Crippen molar-refractivity contribution in [1.82, 2.24) is 4.90 Å². The van der Waals surface area contributed by atoms with Crippen LogP contribution in [0.2, 0.25) is 0 Å². The number of nitrogens with one attached hydrogen (secondary N) is 1. The highest BCUT2D eigenvalue weighted by Gasteiger charge is 2.43. The predicted molar refractivity (Wildman–Crippen MR) is 119 cm³/mol. The van der Waals surface area contributed by atoms with Gasteiger partial charge in [0, 0.05) is 43.1 Å². The first-order valence-electron chi connectivity index (χ1n) is 10.9. The molecular weight excluding hydrogens is 411 g/mol. The number of ether oxygens (including phenoxy) is 3. The van der Waals surface area contributed by atoms with Crippen LogP contribution in [0.3, 0.4) is 0 Å². The van der Waals surface area contributed by atoms with Crippen LogP contribution >= 0.6 is 0 Å². The quantitative estimate of drug-likeness (QED) is 0.711. The van der Waals surface area contributed by atoms with Crippen LogP contribution < -0.4 is 5.32 Å². The van der Waals surface area contributed by atoms with E-state index < -0.39 is 0 Å². The molecule has 2 aromatic carbocycles. The summed E-state index contributed by atoms with van der Waals surface area (Å²) in [7, 11) is 3.49. The lowest BCUT2D eigenvalue weighted by Gasteiger charge is -2.36. The summed E-state index contributed by atoms with van der Waals surface area (Å²) >= 11 is 0. The maximum absolute atomic E-state index is 13.8. The zero-order valence-electron chi connectivity index (χ0n) is 18.5. The van der Waals surface area contributed by atoms with E-state index >= 15 is 0 Å². The number of carbonyl (C=O) groups excluding carboxylic acids is 1. The number of hydrogen-bond donors (Lipinski definition) is 1. The molecular formula is C25H27FN2O4. The number of benzene rings is 2. The summed E-state index contributed by atoms with van der Waals surface area (Å²) in [5.41, 5.74) is 4.31. The van der Waals surface area contributed by atoms with E-state index in [2.05, 4.69) is 29.3 Å². The van der Waals surface area contributed by atoms with Crippen LogP contribution in [0.5, 0.6) is 0 Å². The molecule has 0 unspecified atom stereocenters. The normalized spacial score (nSPS) is 26.8. The smallest absolute Gasteiger partial charge is 0.260 e. The van der Waals surface area contributed by atoms with Gasteiger partial charge in [-0.25, -0.2) is 9.29 Å². The lowest BCUT2D eigenvalue weighted by molar-refractivity contribution is -0.149. The van der Waals surface area contributed by atoms with E-state index in [1.165, 1.54) is 17.7 Å². The first-order valence-corrected chi connectivity index (χ1v) is 10.9. The first kappa shape index (κ1) is 21.1. The largest absolute Gasteiger partial charge is 0.487 e. The van der Waals surface area contributed by atoms with E-state index in [-0.39, 0.29) is 23.7 Å². The van der Waals surface area contributed by atoms with Crippen molar-refractivity contribution in [2.24, 2.45) is 0 Å². The maximum atomic E-state index is 13.8. The summed E-state index contributed by atoms with van der Waals surface area (Å²) in [5.74, 6) is -0.137. The van der Waals surface area contributed by atoms with Crippen molar-refractivity contribution in [3.8, 4) is 0 Å². The summed E-state index contributed by atoms with van der Waals surface area (Å²) in [6.07, 6.45) is 2.77. The van der Waals surface area contributed by atoms with Crippen molar-refractivity contribution >= 4 is 22.9 Å². The second kappa shape index (κ2) is 7.99. The average Bonchev–Trinajstić information content (AvgIpc) is 3.44. The van der Waals surface area contributed by atoms with Crippen molar-refractivity contribution in [1.29, 1.82) is 0 Å². The van der Waals surface area contributed by atoms with Gasteiger partial charge in [0.15, 0.2) is 0 Å². The first-order chi connectivity index (χ1) is 15.4. The molecule has 5 rings (SSSR count). The minimum absolute atomic E-state index is 0.0513. The van der Waals surface area contributed by atoms with Crippen molar-refractivity contribution in [2.75, 3.05) is 26.1 Å². The molecule has 0 aromatic heterocycles. The zero-order valence-corrected chi connectivity index (χ0v) is 18.5. The van der Waals surface area contributed by atoms with Crippen LogP contribution in [-0.4, -0.2) is 43.5 Å². The number of carbonyl (C=O) groups is 1. The number of rotatable bonds is 5. The third-order valence-corrected chi connectivity index (χ3v) is 6.90. The fraction of sp³-hybridized carbons (Fsp3) is 0.400. The van der Waals surface area contributed by atoms with Gasteiger partial charge in [-0.3, -0.25) is 4.79 Å². The molecule has 0 aliphatic carbocycles. The van der Waals surface area contributed by atoms with Gasteiger partial charge in [0.25, 0.3) is 5.91 Å². The van der Waals surface area contributed by atoms with Gasteiger partial charge in [-0.05, 0) is 49.9 Å². The molecule has 1 amide bonds. The minimum atomic E-state index is -0.383. The minimum Gasteiger partial charge on any atom is -0.487 e. The molecule has 3 aliphatic rings. The van der Waals surface area contributed by atoms with Gasteiger partial charge in [-0.2, -0.15) is 0 Å². The fourth-order valence-electron chi connectivity index (χ4n) is 5.03. The molecule has 2 atom stereocenters.